The molecule has 2 aromatic rings. The number of benzene rings is 1. The lowest BCUT2D eigenvalue weighted by Crippen LogP contribution is -2.02. The Hall–Kier alpha value is -2.17. The molecular formula is C13H13FN2O2. The number of carbonyl (C=O) groups excluding carboxylic acids is 1. The van der Waals surface area contributed by atoms with Crippen molar-refractivity contribution in [1.82, 2.24) is 9.78 Å². The molecule has 1 aromatic carbocycles. The van der Waals surface area contributed by atoms with Gasteiger partial charge in [0.1, 0.15) is 17.1 Å². The number of aromatic hydroxyl groups is 1. The molecule has 0 aliphatic carbocycles. The van der Waals surface area contributed by atoms with Gasteiger partial charge in [-0.25, -0.2) is 9.07 Å². The number of hydrogen-bond acceptors (Lipinski definition) is 3. The first-order valence-corrected chi connectivity index (χ1v) is 5.57. The van der Waals surface area contributed by atoms with Crippen molar-refractivity contribution < 1.29 is 14.3 Å². The normalized spacial score (nSPS) is 10.9. The summed E-state index contributed by atoms with van der Waals surface area (Å²) in [7, 11) is 0. The summed E-state index contributed by atoms with van der Waals surface area (Å²) in [5.74, 6) is -0.716. The number of aromatic nitrogens is 2. The molecule has 0 aliphatic rings. The average molecular weight is 248 g/mol. The first-order valence-electron chi connectivity index (χ1n) is 5.57. The van der Waals surface area contributed by atoms with Crippen molar-refractivity contribution in [2.75, 3.05) is 0 Å². The molecule has 94 valence electrons. The van der Waals surface area contributed by atoms with Crippen LogP contribution in [0.1, 0.15) is 30.2 Å². The van der Waals surface area contributed by atoms with E-state index >= 15 is 0 Å². The van der Waals surface area contributed by atoms with Crippen LogP contribution in [0.4, 0.5) is 4.39 Å². The van der Waals surface area contributed by atoms with Crippen LogP contribution < -0.4 is 0 Å². The van der Waals surface area contributed by atoms with Gasteiger partial charge in [-0.15, -0.1) is 0 Å². The van der Waals surface area contributed by atoms with E-state index in [1.807, 2.05) is 13.8 Å². The molecule has 0 saturated carbocycles. The summed E-state index contributed by atoms with van der Waals surface area (Å²) < 4.78 is 15.0. The van der Waals surface area contributed by atoms with Crippen LogP contribution in [0.2, 0.25) is 0 Å². The van der Waals surface area contributed by atoms with Crippen molar-refractivity contribution in [3.8, 4) is 17.1 Å². The lowest BCUT2D eigenvalue weighted by atomic mass is 10.1. The summed E-state index contributed by atoms with van der Waals surface area (Å²) in [6.45, 7) is 3.62. The maximum Gasteiger partial charge on any atom is 0.221 e. The standard InChI is InChI=1S/C13H13FN2O2/c1-8(2)16-13(18)10(7-17)12(15-16)9-5-3-4-6-11(9)14/h3-8,18H,1-2H3. The number of halogens is 1. The van der Waals surface area contributed by atoms with Gasteiger partial charge in [-0.2, -0.15) is 5.10 Å². The summed E-state index contributed by atoms with van der Waals surface area (Å²) in [4.78, 5) is 11.0. The molecule has 0 saturated heterocycles. The van der Waals surface area contributed by atoms with E-state index in [2.05, 4.69) is 5.10 Å². The van der Waals surface area contributed by atoms with Gasteiger partial charge in [0.2, 0.25) is 5.88 Å². The highest BCUT2D eigenvalue weighted by Gasteiger charge is 2.21. The zero-order chi connectivity index (χ0) is 13.3. The molecule has 18 heavy (non-hydrogen) atoms. The summed E-state index contributed by atoms with van der Waals surface area (Å²) >= 11 is 0. The van der Waals surface area contributed by atoms with Crippen LogP contribution in [0.3, 0.4) is 0 Å². The molecule has 0 amide bonds. The minimum absolute atomic E-state index is 0.00815. The van der Waals surface area contributed by atoms with Crippen LogP contribution in [0.25, 0.3) is 11.3 Å². The second-order valence-electron chi connectivity index (χ2n) is 4.22. The summed E-state index contributed by atoms with van der Waals surface area (Å²) in [6, 6.07) is 5.89. The third-order valence-electron chi connectivity index (χ3n) is 2.66. The van der Waals surface area contributed by atoms with Crippen LogP contribution in [-0.4, -0.2) is 21.2 Å². The van der Waals surface area contributed by atoms with Crippen molar-refractivity contribution in [1.29, 1.82) is 0 Å². The van der Waals surface area contributed by atoms with Crippen LogP contribution in [0.5, 0.6) is 5.88 Å². The van der Waals surface area contributed by atoms with E-state index in [1.54, 1.807) is 12.1 Å². The molecule has 0 spiro atoms. The second-order valence-corrected chi connectivity index (χ2v) is 4.22. The predicted octanol–water partition coefficient (Wildman–Crippen LogP) is 2.79. The third-order valence-corrected chi connectivity index (χ3v) is 2.66. The zero-order valence-corrected chi connectivity index (χ0v) is 10.1. The molecule has 1 heterocycles. The Morgan fingerprint density at radius 1 is 1.39 bits per heavy atom. The number of hydrogen-bond donors (Lipinski definition) is 1. The molecule has 0 aliphatic heterocycles. The van der Waals surface area contributed by atoms with Gasteiger partial charge in [0.15, 0.2) is 6.29 Å². The smallest absolute Gasteiger partial charge is 0.221 e. The zero-order valence-electron chi connectivity index (χ0n) is 10.1. The summed E-state index contributed by atoms with van der Waals surface area (Å²) in [6.07, 6.45) is 0.489. The highest BCUT2D eigenvalue weighted by Crippen LogP contribution is 2.31. The molecule has 5 heteroatoms. The van der Waals surface area contributed by atoms with Crippen molar-refractivity contribution in [2.24, 2.45) is 0 Å². The summed E-state index contributed by atoms with van der Waals surface area (Å²) in [5.41, 5.74) is 0.373. The Morgan fingerprint density at radius 2 is 2.06 bits per heavy atom. The minimum atomic E-state index is -0.478. The number of carbonyl (C=O) groups is 1. The Kier molecular flexibility index (Phi) is 3.14. The lowest BCUT2D eigenvalue weighted by molar-refractivity contribution is 0.112. The lowest BCUT2D eigenvalue weighted by Gasteiger charge is -2.05. The average Bonchev–Trinajstić information content (AvgIpc) is 2.67. The molecular weight excluding hydrogens is 235 g/mol. The third kappa shape index (κ3) is 1.88. The molecule has 1 N–H and O–H groups in total. The van der Waals surface area contributed by atoms with E-state index in [0.717, 1.165) is 0 Å². The Balaban J connectivity index is 2.68. The van der Waals surface area contributed by atoms with Gasteiger partial charge >= 0.3 is 0 Å². The SMILES string of the molecule is CC(C)n1nc(-c2ccccc2F)c(C=O)c1O. The second kappa shape index (κ2) is 4.60. The van der Waals surface area contributed by atoms with Crippen LogP contribution in [0.15, 0.2) is 24.3 Å². The number of aldehydes is 1. The van der Waals surface area contributed by atoms with Crippen molar-refractivity contribution in [2.45, 2.75) is 19.9 Å². The number of rotatable bonds is 3. The van der Waals surface area contributed by atoms with Crippen molar-refractivity contribution in [3.63, 3.8) is 0 Å². The van der Waals surface area contributed by atoms with Gasteiger partial charge in [-0.1, -0.05) is 12.1 Å². The summed E-state index contributed by atoms with van der Waals surface area (Å²) in [5, 5.41) is 14.0. The van der Waals surface area contributed by atoms with Gasteiger partial charge < -0.3 is 5.11 Å². The predicted molar refractivity (Wildman–Crippen MR) is 65.1 cm³/mol. The Labute approximate surface area is 104 Å². The maximum atomic E-state index is 13.7. The van der Waals surface area contributed by atoms with Gasteiger partial charge in [0.25, 0.3) is 0 Å². The van der Waals surface area contributed by atoms with Crippen LogP contribution in [0, 0.1) is 5.82 Å². The van der Waals surface area contributed by atoms with E-state index in [4.69, 9.17) is 0 Å². The quantitative estimate of drug-likeness (QED) is 0.850. The van der Waals surface area contributed by atoms with Crippen LogP contribution >= 0.6 is 0 Å². The monoisotopic (exact) mass is 248 g/mol. The number of nitrogens with zero attached hydrogens (tertiary/aromatic N) is 2. The highest BCUT2D eigenvalue weighted by atomic mass is 19.1. The van der Waals surface area contributed by atoms with Gasteiger partial charge in [-0.05, 0) is 26.0 Å². The van der Waals surface area contributed by atoms with E-state index in [1.165, 1.54) is 16.8 Å². The topological polar surface area (TPSA) is 55.1 Å². The van der Waals surface area contributed by atoms with E-state index in [9.17, 15) is 14.3 Å². The van der Waals surface area contributed by atoms with Gasteiger partial charge in [0.05, 0.1) is 6.04 Å². The largest absolute Gasteiger partial charge is 0.493 e. The van der Waals surface area contributed by atoms with Gasteiger partial charge in [-0.3, -0.25) is 4.79 Å². The molecule has 0 atom stereocenters. The van der Waals surface area contributed by atoms with Crippen LogP contribution in [-0.2, 0) is 0 Å². The molecule has 0 unspecified atom stereocenters. The molecule has 2 rings (SSSR count). The van der Waals surface area contributed by atoms with Crippen molar-refractivity contribution >= 4 is 6.29 Å². The first-order chi connectivity index (χ1) is 8.56. The van der Waals surface area contributed by atoms with E-state index in [0.29, 0.717) is 6.29 Å². The Bertz CT molecular complexity index is 591. The molecule has 0 fully saturated rings. The fraction of sp³-hybridized carbons (Fsp3) is 0.231. The van der Waals surface area contributed by atoms with E-state index < -0.39 is 5.82 Å². The van der Waals surface area contributed by atoms with Gasteiger partial charge in [0, 0.05) is 5.56 Å². The maximum absolute atomic E-state index is 13.7. The molecule has 0 bridgehead atoms. The molecule has 4 nitrogen and oxygen atoms in total. The minimum Gasteiger partial charge on any atom is -0.493 e. The molecule has 1 aromatic heterocycles. The van der Waals surface area contributed by atoms with E-state index in [-0.39, 0.29) is 28.7 Å². The van der Waals surface area contributed by atoms with Crippen molar-refractivity contribution in [3.05, 3.63) is 35.6 Å². The highest BCUT2D eigenvalue weighted by molar-refractivity contribution is 5.88. The fourth-order valence-corrected chi connectivity index (χ4v) is 1.76. The molecule has 0 radical (unpaired) electrons. The first kappa shape index (κ1) is 12.3. The fourth-order valence-electron chi connectivity index (χ4n) is 1.76. The Morgan fingerprint density at radius 3 is 2.61 bits per heavy atom.